The lowest BCUT2D eigenvalue weighted by Gasteiger charge is -2.11. The number of benzene rings is 2. The number of aliphatic hydroxyl groups excluding tert-OH is 2. The van der Waals surface area contributed by atoms with Gasteiger partial charge >= 0.3 is 0 Å². The van der Waals surface area contributed by atoms with E-state index in [0.29, 0.717) is 11.5 Å². The van der Waals surface area contributed by atoms with Crippen LogP contribution in [-0.4, -0.2) is 47.4 Å². The second-order valence-corrected chi connectivity index (χ2v) is 5.90. The summed E-state index contributed by atoms with van der Waals surface area (Å²) in [5.41, 5.74) is 2.07. The van der Waals surface area contributed by atoms with Crippen molar-refractivity contribution in [2.24, 2.45) is 0 Å². The van der Waals surface area contributed by atoms with Crippen LogP contribution in [0.15, 0.2) is 48.5 Å². The molecule has 0 bridgehead atoms. The first-order valence-corrected chi connectivity index (χ1v) is 8.63. The van der Waals surface area contributed by atoms with Crippen molar-refractivity contribution in [2.45, 2.75) is 12.2 Å². The minimum Gasteiger partial charge on any atom is -0.491 e. The van der Waals surface area contributed by atoms with E-state index in [-0.39, 0.29) is 52.0 Å². The predicted octanol–water partition coefficient (Wildman–Crippen LogP) is 3.54. The minimum atomic E-state index is -0.670. The van der Waals surface area contributed by atoms with E-state index >= 15 is 0 Å². The Morgan fingerprint density at radius 2 is 0.962 bits per heavy atom. The molecule has 0 radical (unpaired) electrons. The summed E-state index contributed by atoms with van der Waals surface area (Å²) in [5.74, 6) is 1.65. The Kier molecular flexibility index (Phi) is 13.0. The summed E-state index contributed by atoms with van der Waals surface area (Å²) < 4.78 is 10.9. The maximum Gasteiger partial charge on any atom is 0.119 e. The number of halogens is 2. The predicted molar refractivity (Wildman–Crippen MR) is 117 cm³/mol. The van der Waals surface area contributed by atoms with Gasteiger partial charge in [0.15, 0.2) is 0 Å². The van der Waals surface area contributed by atoms with Gasteiger partial charge in [0, 0.05) is 0 Å². The van der Waals surface area contributed by atoms with Crippen LogP contribution in [0.2, 0.25) is 0 Å². The fourth-order valence-electron chi connectivity index (χ4n) is 1.96. The third-order valence-corrected chi connectivity index (χ3v) is 4.00. The second-order valence-electron chi connectivity index (χ2n) is 5.29. The molecule has 0 saturated heterocycles. The molecule has 2 unspecified atom stereocenters. The Bertz CT molecular complexity index is 556. The van der Waals surface area contributed by atoms with E-state index in [1.54, 1.807) is 0 Å². The lowest BCUT2D eigenvalue weighted by molar-refractivity contribution is 0.125. The van der Waals surface area contributed by atoms with Gasteiger partial charge in [0.25, 0.3) is 0 Å². The van der Waals surface area contributed by atoms with Crippen molar-refractivity contribution in [1.29, 1.82) is 0 Å². The molecule has 0 aliphatic heterocycles. The van der Waals surface area contributed by atoms with Crippen LogP contribution in [-0.2, 0) is 0 Å². The molecule has 0 aliphatic rings. The van der Waals surface area contributed by atoms with Crippen LogP contribution in [0.1, 0.15) is 0 Å². The Balaban J connectivity index is 0.00000312. The first-order valence-electron chi connectivity index (χ1n) is 7.56. The minimum absolute atomic E-state index is 0. The highest BCUT2D eigenvalue weighted by Gasteiger charge is 2.05. The molecule has 26 heavy (non-hydrogen) atoms. The molecular weight excluding hydrogens is 415 g/mol. The number of aliphatic hydroxyl groups is 2. The van der Waals surface area contributed by atoms with Gasteiger partial charge in [0.1, 0.15) is 36.9 Å². The molecule has 2 N–H and O–H groups in total. The van der Waals surface area contributed by atoms with Gasteiger partial charge in [-0.15, -0.1) is 23.2 Å². The second kappa shape index (κ2) is 13.4. The van der Waals surface area contributed by atoms with E-state index < -0.39 is 12.2 Å². The summed E-state index contributed by atoms with van der Waals surface area (Å²) in [7, 11) is 0. The quantitative estimate of drug-likeness (QED) is 0.587. The van der Waals surface area contributed by atoms with Crippen molar-refractivity contribution in [3.63, 3.8) is 0 Å². The average Bonchev–Trinajstić information content (AvgIpc) is 2.65. The van der Waals surface area contributed by atoms with Gasteiger partial charge in [-0.05, 0) is 35.4 Å². The highest BCUT2D eigenvalue weighted by atomic mass is 35.5. The summed E-state index contributed by atoms with van der Waals surface area (Å²) in [6.45, 7) is 0.339. The van der Waals surface area contributed by atoms with Gasteiger partial charge < -0.3 is 19.7 Å². The Morgan fingerprint density at radius 3 is 1.23 bits per heavy atom. The molecule has 0 aromatic heterocycles. The maximum absolute atomic E-state index is 9.38. The highest BCUT2D eigenvalue weighted by Crippen LogP contribution is 2.24. The van der Waals surface area contributed by atoms with Crippen LogP contribution in [0.5, 0.6) is 11.5 Å². The summed E-state index contributed by atoms with van der Waals surface area (Å²) in [5, 5.41) is 18.8. The Morgan fingerprint density at radius 1 is 0.654 bits per heavy atom. The van der Waals surface area contributed by atoms with Gasteiger partial charge in [-0.1, -0.05) is 24.3 Å². The monoisotopic (exact) mass is 438 g/mol. The molecule has 0 fully saturated rings. The first kappa shape index (κ1) is 25.2. The van der Waals surface area contributed by atoms with Gasteiger partial charge in [-0.2, -0.15) is 27.0 Å². The summed E-state index contributed by atoms with van der Waals surface area (Å²) in [6, 6.07) is 15.1. The molecule has 2 rings (SSSR count). The number of alkyl halides is 2. The molecule has 2 aromatic rings. The SMILES string of the molecule is OC(CCl)COc1ccc(-c2ccc(OCC(O)CCl)cc2)cc1.S.S. The Hall–Kier alpha value is -0.760. The van der Waals surface area contributed by atoms with E-state index in [1.165, 1.54) is 0 Å². The Labute approximate surface area is 177 Å². The van der Waals surface area contributed by atoms with Crippen molar-refractivity contribution in [2.75, 3.05) is 25.0 Å². The summed E-state index contributed by atoms with van der Waals surface area (Å²) in [6.07, 6.45) is -1.34. The highest BCUT2D eigenvalue weighted by molar-refractivity contribution is 7.59. The van der Waals surface area contributed by atoms with Crippen molar-refractivity contribution < 1.29 is 19.7 Å². The average molecular weight is 439 g/mol. The lowest BCUT2D eigenvalue weighted by Crippen LogP contribution is -2.18. The largest absolute Gasteiger partial charge is 0.491 e. The normalized spacial score (nSPS) is 12.3. The molecular formula is C18H24Cl2O4S2. The first-order chi connectivity index (χ1) is 11.6. The number of rotatable bonds is 9. The molecule has 0 heterocycles. The van der Waals surface area contributed by atoms with Gasteiger partial charge in [0.05, 0.1) is 11.8 Å². The van der Waals surface area contributed by atoms with Crippen LogP contribution < -0.4 is 9.47 Å². The standard InChI is InChI=1S/C18H20Cl2O4.2H2S/c19-9-15(21)11-23-17-5-1-13(2-6-17)14-3-7-18(8-4-14)24-12-16(22)10-20;;/h1-8,15-16,21-22H,9-12H2;2*1H2. The van der Waals surface area contributed by atoms with E-state index in [0.717, 1.165) is 11.1 Å². The molecule has 2 aromatic carbocycles. The third kappa shape index (κ3) is 8.29. The zero-order valence-electron chi connectivity index (χ0n) is 14.1. The number of ether oxygens (including phenoxy) is 2. The van der Waals surface area contributed by atoms with Crippen molar-refractivity contribution in [3.05, 3.63) is 48.5 Å². The number of hydrogen-bond acceptors (Lipinski definition) is 4. The molecule has 0 saturated carbocycles. The van der Waals surface area contributed by atoms with Gasteiger partial charge in [0.2, 0.25) is 0 Å². The van der Waals surface area contributed by atoms with E-state index in [4.69, 9.17) is 32.7 Å². The third-order valence-electron chi connectivity index (χ3n) is 3.28. The van der Waals surface area contributed by atoms with E-state index in [9.17, 15) is 10.2 Å². The molecule has 146 valence electrons. The summed E-state index contributed by atoms with van der Waals surface area (Å²) >= 11 is 11.0. The topological polar surface area (TPSA) is 58.9 Å². The molecule has 0 spiro atoms. The lowest BCUT2D eigenvalue weighted by atomic mass is 10.1. The molecule has 8 heteroatoms. The smallest absolute Gasteiger partial charge is 0.119 e. The van der Waals surface area contributed by atoms with Crippen LogP contribution in [0.25, 0.3) is 11.1 Å². The fraction of sp³-hybridized carbons (Fsp3) is 0.333. The van der Waals surface area contributed by atoms with E-state index in [1.807, 2.05) is 48.5 Å². The van der Waals surface area contributed by atoms with Gasteiger partial charge in [-0.25, -0.2) is 0 Å². The van der Waals surface area contributed by atoms with Crippen molar-refractivity contribution in [3.8, 4) is 22.6 Å². The van der Waals surface area contributed by atoms with Crippen LogP contribution in [0.3, 0.4) is 0 Å². The van der Waals surface area contributed by atoms with Gasteiger partial charge in [-0.3, -0.25) is 0 Å². The summed E-state index contributed by atoms with van der Waals surface area (Å²) in [4.78, 5) is 0. The van der Waals surface area contributed by atoms with Crippen LogP contribution >= 0.6 is 50.2 Å². The van der Waals surface area contributed by atoms with Crippen molar-refractivity contribution in [1.82, 2.24) is 0 Å². The number of hydrogen-bond donors (Lipinski definition) is 2. The maximum atomic E-state index is 9.38. The molecule has 2 atom stereocenters. The zero-order chi connectivity index (χ0) is 17.4. The fourth-order valence-corrected chi connectivity index (χ4v) is 2.14. The molecule has 0 amide bonds. The zero-order valence-corrected chi connectivity index (χ0v) is 17.6. The van der Waals surface area contributed by atoms with Crippen LogP contribution in [0, 0.1) is 0 Å². The van der Waals surface area contributed by atoms with Crippen LogP contribution in [0.4, 0.5) is 0 Å². The molecule has 0 aliphatic carbocycles. The molecule has 4 nitrogen and oxygen atoms in total. The van der Waals surface area contributed by atoms with E-state index in [2.05, 4.69) is 0 Å². The van der Waals surface area contributed by atoms with Crippen molar-refractivity contribution >= 4 is 50.2 Å².